The zero-order valence-electron chi connectivity index (χ0n) is 16.6. The molecule has 0 saturated carbocycles. The van der Waals surface area contributed by atoms with Crippen molar-refractivity contribution in [3.63, 3.8) is 0 Å². The number of rotatable bonds is 9. The Labute approximate surface area is 180 Å². The van der Waals surface area contributed by atoms with Gasteiger partial charge in [-0.1, -0.05) is 36.4 Å². The summed E-state index contributed by atoms with van der Waals surface area (Å²) in [7, 11) is 1.80. The lowest BCUT2D eigenvalue weighted by Crippen LogP contribution is -2.37. The van der Waals surface area contributed by atoms with Crippen LogP contribution in [0.2, 0.25) is 0 Å². The van der Waals surface area contributed by atoms with Crippen LogP contribution in [0.3, 0.4) is 0 Å². The molecule has 0 unspecified atom stereocenters. The largest absolute Gasteiger partial charge is 0.357 e. The summed E-state index contributed by atoms with van der Waals surface area (Å²) in [6.07, 6.45) is 4.08. The molecule has 1 aromatic carbocycles. The van der Waals surface area contributed by atoms with Crippen molar-refractivity contribution in [2.24, 2.45) is 4.99 Å². The molecule has 0 radical (unpaired) electrons. The summed E-state index contributed by atoms with van der Waals surface area (Å²) >= 11 is 0. The molecule has 5 nitrogen and oxygen atoms in total. The third-order valence-electron chi connectivity index (χ3n) is 4.36. The lowest BCUT2D eigenvalue weighted by Gasteiger charge is -2.19. The van der Waals surface area contributed by atoms with E-state index in [0.29, 0.717) is 6.54 Å². The minimum Gasteiger partial charge on any atom is -0.357 e. The zero-order chi connectivity index (χ0) is 18.6. The Bertz CT molecular complexity index is 654. The van der Waals surface area contributed by atoms with Crippen molar-refractivity contribution in [2.75, 3.05) is 31.6 Å². The predicted molar refractivity (Wildman–Crippen MR) is 126 cm³/mol. The molecule has 0 fully saturated rings. The standard InChI is InChI=1S/C21H31N5.HI/c1-4-26(5-2)20-14-13-19(16-24-20)17-25-21(22-3)23-15-9-12-18-10-7-6-8-11-18;/h6-8,10-11,13-14,16H,4-5,9,12,15,17H2,1-3H3,(H2,22,23,25);1H. The number of hydrogen-bond donors (Lipinski definition) is 2. The van der Waals surface area contributed by atoms with Gasteiger partial charge < -0.3 is 15.5 Å². The Morgan fingerprint density at radius 3 is 2.33 bits per heavy atom. The number of benzene rings is 1. The van der Waals surface area contributed by atoms with Gasteiger partial charge in [0.15, 0.2) is 5.96 Å². The van der Waals surface area contributed by atoms with Crippen molar-refractivity contribution in [1.82, 2.24) is 15.6 Å². The molecule has 27 heavy (non-hydrogen) atoms. The van der Waals surface area contributed by atoms with Crippen LogP contribution < -0.4 is 15.5 Å². The van der Waals surface area contributed by atoms with Crippen molar-refractivity contribution in [3.05, 3.63) is 59.8 Å². The van der Waals surface area contributed by atoms with Crippen LogP contribution in [0.1, 0.15) is 31.4 Å². The highest BCUT2D eigenvalue weighted by molar-refractivity contribution is 14.0. The lowest BCUT2D eigenvalue weighted by molar-refractivity contribution is 0.741. The number of halogens is 1. The highest BCUT2D eigenvalue weighted by Crippen LogP contribution is 2.10. The molecule has 148 valence electrons. The Hall–Kier alpha value is -1.83. The van der Waals surface area contributed by atoms with Gasteiger partial charge >= 0.3 is 0 Å². The van der Waals surface area contributed by atoms with E-state index in [1.807, 2.05) is 6.20 Å². The van der Waals surface area contributed by atoms with Crippen molar-refractivity contribution in [2.45, 2.75) is 33.2 Å². The molecule has 0 aliphatic rings. The third kappa shape index (κ3) is 8.15. The first-order valence-corrected chi connectivity index (χ1v) is 9.45. The summed E-state index contributed by atoms with van der Waals surface area (Å²) in [5.41, 5.74) is 2.52. The molecular formula is C21H32IN5. The number of nitrogens with zero attached hydrogens (tertiary/aromatic N) is 3. The fourth-order valence-corrected chi connectivity index (χ4v) is 2.81. The third-order valence-corrected chi connectivity index (χ3v) is 4.36. The summed E-state index contributed by atoms with van der Waals surface area (Å²) in [6.45, 7) is 7.85. The fourth-order valence-electron chi connectivity index (χ4n) is 2.81. The minimum atomic E-state index is 0. The van der Waals surface area contributed by atoms with Gasteiger partial charge in [0.2, 0.25) is 0 Å². The number of aryl methyl sites for hydroxylation is 1. The van der Waals surface area contributed by atoms with Crippen molar-refractivity contribution in [1.29, 1.82) is 0 Å². The Morgan fingerprint density at radius 1 is 1.00 bits per heavy atom. The molecule has 2 rings (SSSR count). The first kappa shape index (κ1) is 23.2. The van der Waals surface area contributed by atoms with E-state index in [9.17, 15) is 0 Å². The summed E-state index contributed by atoms with van der Waals surface area (Å²) in [4.78, 5) is 11.1. The first-order valence-electron chi connectivity index (χ1n) is 9.45. The van der Waals surface area contributed by atoms with Crippen molar-refractivity contribution in [3.8, 4) is 0 Å². The maximum Gasteiger partial charge on any atom is 0.191 e. The number of aromatic nitrogens is 1. The van der Waals surface area contributed by atoms with E-state index < -0.39 is 0 Å². The van der Waals surface area contributed by atoms with Gasteiger partial charge in [-0.05, 0) is 43.9 Å². The number of hydrogen-bond acceptors (Lipinski definition) is 3. The molecule has 6 heteroatoms. The van der Waals surface area contributed by atoms with Crippen LogP contribution in [0.25, 0.3) is 0 Å². The summed E-state index contributed by atoms with van der Waals surface area (Å²) in [6, 6.07) is 14.8. The zero-order valence-corrected chi connectivity index (χ0v) is 18.9. The SMILES string of the molecule is CCN(CC)c1ccc(CNC(=NC)NCCCc2ccccc2)cn1.I. The summed E-state index contributed by atoms with van der Waals surface area (Å²) in [5.74, 6) is 1.85. The van der Waals surface area contributed by atoms with E-state index in [0.717, 1.165) is 49.8 Å². The van der Waals surface area contributed by atoms with Gasteiger partial charge in [-0.15, -0.1) is 24.0 Å². The smallest absolute Gasteiger partial charge is 0.191 e. The second-order valence-electron chi connectivity index (χ2n) is 6.14. The van der Waals surface area contributed by atoms with Gasteiger partial charge in [0.05, 0.1) is 0 Å². The van der Waals surface area contributed by atoms with Gasteiger partial charge in [0.25, 0.3) is 0 Å². The Kier molecular flexibility index (Phi) is 11.5. The molecule has 1 aromatic heterocycles. The van der Waals surface area contributed by atoms with Crippen LogP contribution in [0.5, 0.6) is 0 Å². The predicted octanol–water partition coefficient (Wildman–Crippen LogP) is 3.84. The van der Waals surface area contributed by atoms with E-state index in [1.165, 1.54) is 5.56 Å². The second kappa shape index (κ2) is 13.4. The van der Waals surface area contributed by atoms with Gasteiger partial charge in [-0.2, -0.15) is 0 Å². The average molecular weight is 481 g/mol. The topological polar surface area (TPSA) is 52.5 Å². The highest BCUT2D eigenvalue weighted by Gasteiger charge is 2.03. The molecule has 0 atom stereocenters. The second-order valence-corrected chi connectivity index (χ2v) is 6.14. The van der Waals surface area contributed by atoms with Gasteiger partial charge in [-0.3, -0.25) is 4.99 Å². The number of anilines is 1. The minimum absolute atomic E-state index is 0. The molecule has 0 aliphatic carbocycles. The summed E-state index contributed by atoms with van der Waals surface area (Å²) < 4.78 is 0. The van der Waals surface area contributed by atoms with Crippen LogP contribution in [-0.4, -0.2) is 37.6 Å². The monoisotopic (exact) mass is 481 g/mol. The lowest BCUT2D eigenvalue weighted by atomic mass is 10.1. The number of aliphatic imine (C=N–C) groups is 1. The van der Waals surface area contributed by atoms with Crippen LogP contribution in [0.4, 0.5) is 5.82 Å². The van der Waals surface area contributed by atoms with Crippen molar-refractivity contribution < 1.29 is 0 Å². The average Bonchev–Trinajstić information content (AvgIpc) is 2.70. The van der Waals surface area contributed by atoms with Crippen LogP contribution in [-0.2, 0) is 13.0 Å². The molecule has 0 amide bonds. The van der Waals surface area contributed by atoms with Crippen LogP contribution in [0.15, 0.2) is 53.7 Å². The molecule has 2 aromatic rings. The molecule has 1 heterocycles. The van der Waals surface area contributed by atoms with E-state index in [4.69, 9.17) is 0 Å². The van der Waals surface area contributed by atoms with E-state index in [1.54, 1.807) is 7.05 Å². The van der Waals surface area contributed by atoms with E-state index in [-0.39, 0.29) is 24.0 Å². The maximum absolute atomic E-state index is 4.56. The molecule has 0 aliphatic heterocycles. The van der Waals surface area contributed by atoms with Crippen LogP contribution in [0, 0.1) is 0 Å². The Balaban J connectivity index is 0.00000364. The molecular weight excluding hydrogens is 449 g/mol. The van der Waals surface area contributed by atoms with E-state index >= 15 is 0 Å². The molecule has 0 bridgehead atoms. The first-order chi connectivity index (χ1) is 12.8. The summed E-state index contributed by atoms with van der Waals surface area (Å²) in [5, 5.41) is 6.71. The number of pyridine rings is 1. The number of nitrogens with one attached hydrogen (secondary N) is 2. The molecule has 0 spiro atoms. The molecule has 2 N–H and O–H groups in total. The van der Waals surface area contributed by atoms with E-state index in [2.05, 4.69) is 81.8 Å². The maximum atomic E-state index is 4.56. The quantitative estimate of drug-likeness (QED) is 0.247. The van der Waals surface area contributed by atoms with Gasteiger partial charge in [0, 0.05) is 39.4 Å². The van der Waals surface area contributed by atoms with Gasteiger partial charge in [-0.25, -0.2) is 4.98 Å². The van der Waals surface area contributed by atoms with Gasteiger partial charge in [0.1, 0.15) is 5.82 Å². The Morgan fingerprint density at radius 2 is 1.74 bits per heavy atom. The van der Waals surface area contributed by atoms with Crippen LogP contribution >= 0.6 is 24.0 Å². The number of guanidine groups is 1. The fraction of sp³-hybridized carbons (Fsp3) is 0.429. The highest BCUT2D eigenvalue weighted by atomic mass is 127. The molecule has 0 saturated heterocycles. The van der Waals surface area contributed by atoms with Crippen molar-refractivity contribution >= 4 is 35.8 Å². The normalized spacial score (nSPS) is 10.9.